The molecule has 0 aliphatic carbocycles. The molecular formula is C23H22FNO. The van der Waals surface area contributed by atoms with Gasteiger partial charge in [-0.3, -0.25) is 4.79 Å². The van der Waals surface area contributed by atoms with Crippen molar-refractivity contribution in [1.82, 2.24) is 4.90 Å². The van der Waals surface area contributed by atoms with Gasteiger partial charge in [0.1, 0.15) is 5.82 Å². The number of fused-ring (bicyclic) bond motifs is 1. The minimum absolute atomic E-state index is 0.0831. The van der Waals surface area contributed by atoms with Crippen molar-refractivity contribution >= 4 is 16.7 Å². The number of hydrogen-bond donors (Lipinski definition) is 0. The average Bonchev–Trinajstić information content (AvgIpc) is 3.16. The molecule has 0 aromatic heterocycles. The Morgan fingerprint density at radius 3 is 2.58 bits per heavy atom. The van der Waals surface area contributed by atoms with E-state index in [1.807, 2.05) is 17.0 Å². The molecular weight excluding hydrogens is 325 g/mol. The zero-order valence-corrected chi connectivity index (χ0v) is 14.7. The summed E-state index contributed by atoms with van der Waals surface area (Å²) < 4.78 is 13.2. The number of nitrogens with zero attached hydrogens (tertiary/aromatic N) is 1. The summed E-state index contributed by atoms with van der Waals surface area (Å²) in [6, 6.07) is 21.3. The third kappa shape index (κ3) is 3.48. The predicted molar refractivity (Wildman–Crippen MR) is 102 cm³/mol. The lowest BCUT2D eigenvalue weighted by atomic mass is 10.0. The first-order valence-corrected chi connectivity index (χ1v) is 9.23. The summed E-state index contributed by atoms with van der Waals surface area (Å²) in [5.74, 6) is -0.0501. The van der Waals surface area contributed by atoms with E-state index in [1.54, 1.807) is 12.1 Å². The summed E-state index contributed by atoms with van der Waals surface area (Å²) in [7, 11) is 0. The van der Waals surface area contributed by atoms with E-state index in [4.69, 9.17) is 0 Å². The molecule has 1 aliphatic heterocycles. The third-order valence-corrected chi connectivity index (χ3v) is 5.27. The second kappa shape index (κ2) is 7.28. The van der Waals surface area contributed by atoms with Crippen molar-refractivity contribution in [2.45, 2.75) is 31.7 Å². The third-order valence-electron chi connectivity index (χ3n) is 5.27. The highest BCUT2D eigenvalue weighted by atomic mass is 19.1. The van der Waals surface area contributed by atoms with Gasteiger partial charge < -0.3 is 4.90 Å². The quantitative estimate of drug-likeness (QED) is 0.629. The smallest absolute Gasteiger partial charge is 0.223 e. The van der Waals surface area contributed by atoms with Gasteiger partial charge in [0.15, 0.2) is 0 Å². The van der Waals surface area contributed by atoms with Gasteiger partial charge >= 0.3 is 0 Å². The first kappa shape index (κ1) is 16.8. The maximum absolute atomic E-state index is 13.2. The van der Waals surface area contributed by atoms with E-state index < -0.39 is 0 Å². The second-order valence-corrected chi connectivity index (χ2v) is 6.98. The van der Waals surface area contributed by atoms with Crippen molar-refractivity contribution in [2.24, 2.45) is 0 Å². The van der Waals surface area contributed by atoms with E-state index in [1.165, 1.54) is 28.5 Å². The first-order valence-electron chi connectivity index (χ1n) is 9.23. The minimum Gasteiger partial charge on any atom is -0.336 e. The van der Waals surface area contributed by atoms with Gasteiger partial charge in [0.2, 0.25) is 5.91 Å². The summed E-state index contributed by atoms with van der Waals surface area (Å²) >= 11 is 0. The molecule has 3 heteroatoms. The molecule has 3 aromatic carbocycles. The van der Waals surface area contributed by atoms with Crippen molar-refractivity contribution in [3.63, 3.8) is 0 Å². The topological polar surface area (TPSA) is 20.3 Å². The van der Waals surface area contributed by atoms with Crippen LogP contribution in [0.1, 0.15) is 36.4 Å². The Bertz CT molecular complexity index is 919. The van der Waals surface area contributed by atoms with E-state index in [0.29, 0.717) is 6.42 Å². The molecule has 1 atom stereocenters. The molecule has 1 aliphatic rings. The highest BCUT2D eigenvalue weighted by molar-refractivity contribution is 5.83. The molecule has 1 heterocycles. The van der Waals surface area contributed by atoms with Gasteiger partial charge in [-0.15, -0.1) is 0 Å². The molecule has 2 nitrogen and oxygen atoms in total. The summed E-state index contributed by atoms with van der Waals surface area (Å²) in [5, 5.41) is 2.43. The minimum atomic E-state index is -0.235. The van der Waals surface area contributed by atoms with Crippen molar-refractivity contribution < 1.29 is 9.18 Å². The molecule has 1 fully saturated rings. The number of halogens is 1. The van der Waals surface area contributed by atoms with Gasteiger partial charge in [-0.25, -0.2) is 4.39 Å². The van der Waals surface area contributed by atoms with Crippen LogP contribution < -0.4 is 0 Å². The number of rotatable bonds is 4. The van der Waals surface area contributed by atoms with Crippen molar-refractivity contribution in [3.05, 3.63) is 83.7 Å². The van der Waals surface area contributed by atoms with Crippen LogP contribution in [0, 0.1) is 5.82 Å². The normalized spacial score (nSPS) is 17.0. The highest BCUT2D eigenvalue weighted by Crippen LogP contribution is 2.32. The van der Waals surface area contributed by atoms with Gasteiger partial charge in [0, 0.05) is 13.0 Å². The fourth-order valence-electron chi connectivity index (χ4n) is 3.89. The van der Waals surface area contributed by atoms with Crippen molar-refractivity contribution in [1.29, 1.82) is 0 Å². The van der Waals surface area contributed by atoms with Crippen LogP contribution in [0.5, 0.6) is 0 Å². The van der Waals surface area contributed by atoms with Crippen LogP contribution in [0.2, 0.25) is 0 Å². The first-order chi connectivity index (χ1) is 12.7. The maximum atomic E-state index is 13.2. The Morgan fingerprint density at radius 1 is 1.00 bits per heavy atom. The summed E-state index contributed by atoms with van der Waals surface area (Å²) in [5.41, 5.74) is 2.22. The van der Waals surface area contributed by atoms with Gasteiger partial charge in [0.25, 0.3) is 0 Å². The Morgan fingerprint density at radius 2 is 1.77 bits per heavy atom. The average molecular weight is 347 g/mol. The number of aryl methyl sites for hydroxylation is 1. The van der Waals surface area contributed by atoms with Gasteiger partial charge in [-0.2, -0.15) is 0 Å². The number of benzene rings is 3. The fraction of sp³-hybridized carbons (Fsp3) is 0.261. The summed E-state index contributed by atoms with van der Waals surface area (Å²) in [4.78, 5) is 14.8. The van der Waals surface area contributed by atoms with Crippen LogP contribution in [0.3, 0.4) is 0 Å². The molecule has 4 rings (SSSR count). The largest absolute Gasteiger partial charge is 0.336 e. The standard InChI is InChI=1S/C23H22FNO/c24-21-12-10-19(11-13-21)22-6-3-15-25(22)23(26)14-8-17-7-9-18-4-1-2-5-20(18)16-17/h1-2,4-5,7,9-13,16,22H,3,6,8,14-15H2/t22-/m0/s1. The van der Waals surface area contributed by atoms with E-state index in [9.17, 15) is 9.18 Å². The molecule has 0 radical (unpaired) electrons. The van der Waals surface area contributed by atoms with Crippen LogP contribution in [0.4, 0.5) is 4.39 Å². The number of carbonyl (C=O) groups excluding carboxylic acids is 1. The van der Waals surface area contributed by atoms with E-state index >= 15 is 0 Å². The molecule has 1 amide bonds. The molecule has 1 saturated heterocycles. The SMILES string of the molecule is O=C(CCc1ccc2ccccc2c1)N1CCC[C@H]1c1ccc(F)cc1. The predicted octanol–water partition coefficient (Wildman–Crippen LogP) is 5.28. The van der Waals surface area contributed by atoms with E-state index in [0.717, 1.165) is 31.4 Å². The lowest BCUT2D eigenvalue weighted by molar-refractivity contribution is -0.132. The Hall–Kier alpha value is -2.68. The molecule has 0 bridgehead atoms. The zero-order chi connectivity index (χ0) is 17.9. The van der Waals surface area contributed by atoms with Crippen molar-refractivity contribution in [3.8, 4) is 0 Å². The summed E-state index contributed by atoms with van der Waals surface area (Å²) in [6.07, 6.45) is 3.21. The van der Waals surface area contributed by atoms with Crippen molar-refractivity contribution in [2.75, 3.05) is 6.54 Å². The molecule has 0 spiro atoms. The summed E-state index contributed by atoms with van der Waals surface area (Å²) in [6.45, 7) is 0.790. The van der Waals surface area contributed by atoms with Gasteiger partial charge in [-0.1, -0.05) is 54.6 Å². The van der Waals surface area contributed by atoms with Crippen LogP contribution in [0.25, 0.3) is 10.8 Å². The molecule has 0 saturated carbocycles. The maximum Gasteiger partial charge on any atom is 0.223 e. The fourth-order valence-corrected chi connectivity index (χ4v) is 3.89. The van der Waals surface area contributed by atoms with Crippen LogP contribution in [-0.2, 0) is 11.2 Å². The molecule has 3 aromatic rings. The number of amides is 1. The van der Waals surface area contributed by atoms with Crippen LogP contribution in [-0.4, -0.2) is 17.4 Å². The van der Waals surface area contributed by atoms with E-state index in [2.05, 4.69) is 30.3 Å². The number of likely N-dealkylation sites (tertiary alicyclic amines) is 1. The zero-order valence-electron chi connectivity index (χ0n) is 14.7. The van der Waals surface area contributed by atoms with Gasteiger partial charge in [-0.05, 0) is 53.3 Å². The Labute approximate surface area is 153 Å². The number of carbonyl (C=O) groups is 1. The van der Waals surface area contributed by atoms with Crippen LogP contribution in [0.15, 0.2) is 66.7 Å². The molecule has 26 heavy (non-hydrogen) atoms. The molecule has 0 unspecified atom stereocenters. The Kier molecular flexibility index (Phi) is 4.70. The lowest BCUT2D eigenvalue weighted by Crippen LogP contribution is -2.30. The van der Waals surface area contributed by atoms with E-state index in [-0.39, 0.29) is 17.8 Å². The monoisotopic (exact) mass is 347 g/mol. The second-order valence-electron chi connectivity index (χ2n) is 6.98. The highest BCUT2D eigenvalue weighted by Gasteiger charge is 2.29. The van der Waals surface area contributed by atoms with Crippen LogP contribution >= 0.6 is 0 Å². The molecule has 0 N–H and O–H groups in total. The van der Waals surface area contributed by atoms with Gasteiger partial charge in [0.05, 0.1) is 6.04 Å². The Balaban J connectivity index is 1.44. The number of hydrogen-bond acceptors (Lipinski definition) is 1. The lowest BCUT2D eigenvalue weighted by Gasteiger charge is -2.25. The molecule has 132 valence electrons.